The van der Waals surface area contributed by atoms with Gasteiger partial charge in [-0.05, 0) is 36.8 Å². The van der Waals surface area contributed by atoms with Gasteiger partial charge in [0.05, 0.1) is 6.04 Å². The molecule has 1 amide bonds. The van der Waals surface area contributed by atoms with Crippen molar-refractivity contribution in [3.63, 3.8) is 0 Å². The van der Waals surface area contributed by atoms with Crippen molar-refractivity contribution >= 4 is 11.6 Å². The standard InChI is InChI=1S/C17H16F2N4O2/c1-11(12-6-7-13(18)14(19)9-12)21(2)16(24)10-23-17(25)22-8-4-3-5-15(22)20-23/h3-9,11H,10H2,1-2H3. The average Bonchev–Trinajstić information content (AvgIpc) is 2.92. The van der Waals surface area contributed by atoms with Crippen molar-refractivity contribution in [2.24, 2.45) is 0 Å². The van der Waals surface area contributed by atoms with E-state index in [-0.39, 0.29) is 12.5 Å². The number of amides is 1. The number of pyridine rings is 1. The highest BCUT2D eigenvalue weighted by Gasteiger charge is 2.20. The van der Waals surface area contributed by atoms with Gasteiger partial charge in [-0.1, -0.05) is 12.1 Å². The number of hydrogen-bond acceptors (Lipinski definition) is 3. The predicted octanol–water partition coefficient (Wildman–Crippen LogP) is 1.99. The number of carbonyl (C=O) groups excluding carboxylic acids is 1. The molecular weight excluding hydrogens is 330 g/mol. The molecule has 3 rings (SSSR count). The molecule has 0 aliphatic rings. The van der Waals surface area contributed by atoms with E-state index >= 15 is 0 Å². The quantitative estimate of drug-likeness (QED) is 0.726. The monoisotopic (exact) mass is 346 g/mol. The number of carbonyl (C=O) groups is 1. The van der Waals surface area contributed by atoms with Crippen LogP contribution in [0.3, 0.4) is 0 Å². The molecule has 0 aliphatic heterocycles. The Hall–Kier alpha value is -3.03. The maximum atomic E-state index is 13.4. The van der Waals surface area contributed by atoms with Gasteiger partial charge in [-0.15, -0.1) is 5.10 Å². The largest absolute Gasteiger partial charge is 0.350 e. The fourth-order valence-corrected chi connectivity index (χ4v) is 2.52. The van der Waals surface area contributed by atoms with Gasteiger partial charge in [-0.2, -0.15) is 0 Å². The summed E-state index contributed by atoms with van der Waals surface area (Å²) in [5, 5.41) is 4.10. The lowest BCUT2D eigenvalue weighted by atomic mass is 10.1. The normalized spacial score (nSPS) is 12.3. The number of likely N-dealkylation sites (N-methyl/N-ethyl adjacent to an activating group) is 1. The second-order valence-electron chi connectivity index (χ2n) is 5.72. The predicted molar refractivity (Wildman–Crippen MR) is 87.0 cm³/mol. The van der Waals surface area contributed by atoms with E-state index in [9.17, 15) is 18.4 Å². The van der Waals surface area contributed by atoms with Crippen LogP contribution in [-0.4, -0.2) is 32.0 Å². The zero-order valence-corrected chi connectivity index (χ0v) is 13.7. The van der Waals surface area contributed by atoms with E-state index in [4.69, 9.17) is 0 Å². The van der Waals surface area contributed by atoms with Crippen LogP contribution < -0.4 is 5.69 Å². The zero-order chi connectivity index (χ0) is 18.1. The van der Waals surface area contributed by atoms with Crippen molar-refractivity contribution in [2.45, 2.75) is 19.5 Å². The summed E-state index contributed by atoms with van der Waals surface area (Å²) >= 11 is 0. The van der Waals surface area contributed by atoms with Crippen LogP contribution in [-0.2, 0) is 11.3 Å². The molecule has 1 unspecified atom stereocenters. The average molecular weight is 346 g/mol. The molecule has 0 bridgehead atoms. The highest BCUT2D eigenvalue weighted by Crippen LogP contribution is 2.21. The van der Waals surface area contributed by atoms with E-state index in [2.05, 4.69) is 5.10 Å². The van der Waals surface area contributed by atoms with Crippen LogP contribution >= 0.6 is 0 Å². The number of aromatic nitrogens is 3. The van der Waals surface area contributed by atoms with Crippen molar-refractivity contribution in [1.29, 1.82) is 0 Å². The Bertz CT molecular complexity index is 996. The summed E-state index contributed by atoms with van der Waals surface area (Å²) in [6.07, 6.45) is 1.57. The maximum Gasteiger partial charge on any atom is 0.350 e. The van der Waals surface area contributed by atoms with Crippen molar-refractivity contribution in [1.82, 2.24) is 19.1 Å². The summed E-state index contributed by atoms with van der Waals surface area (Å²) in [5.74, 6) is -2.29. The van der Waals surface area contributed by atoms with Crippen LogP contribution in [0.4, 0.5) is 8.78 Å². The molecule has 0 fully saturated rings. The second kappa shape index (κ2) is 6.46. The molecule has 1 atom stereocenters. The lowest BCUT2D eigenvalue weighted by molar-refractivity contribution is -0.132. The van der Waals surface area contributed by atoms with Crippen LogP contribution in [0.1, 0.15) is 18.5 Å². The lowest BCUT2D eigenvalue weighted by Crippen LogP contribution is -2.35. The molecule has 2 heterocycles. The van der Waals surface area contributed by atoms with Gasteiger partial charge in [0, 0.05) is 13.2 Å². The van der Waals surface area contributed by atoms with Crippen molar-refractivity contribution in [2.75, 3.05) is 7.05 Å². The molecule has 0 saturated carbocycles. The number of halogens is 2. The van der Waals surface area contributed by atoms with E-state index in [0.29, 0.717) is 11.2 Å². The summed E-state index contributed by atoms with van der Waals surface area (Å²) in [7, 11) is 1.54. The molecule has 3 aromatic rings. The number of hydrogen-bond donors (Lipinski definition) is 0. The molecule has 0 spiro atoms. The van der Waals surface area contributed by atoms with E-state index in [1.807, 2.05) is 0 Å². The maximum absolute atomic E-state index is 13.4. The zero-order valence-electron chi connectivity index (χ0n) is 13.7. The Morgan fingerprint density at radius 2 is 2.00 bits per heavy atom. The smallest absolute Gasteiger partial charge is 0.337 e. The summed E-state index contributed by atoms with van der Waals surface area (Å²) in [6.45, 7) is 1.45. The van der Waals surface area contributed by atoms with Gasteiger partial charge in [0.1, 0.15) is 6.54 Å². The fourth-order valence-electron chi connectivity index (χ4n) is 2.52. The Balaban J connectivity index is 1.80. The molecule has 1 aromatic carbocycles. The Labute approximate surface area is 141 Å². The molecule has 0 saturated heterocycles. The third-order valence-electron chi connectivity index (χ3n) is 4.17. The fraction of sp³-hybridized carbons (Fsp3) is 0.235. The van der Waals surface area contributed by atoms with Gasteiger partial charge in [0.15, 0.2) is 17.3 Å². The Morgan fingerprint density at radius 3 is 2.68 bits per heavy atom. The molecule has 0 aliphatic carbocycles. The summed E-state index contributed by atoms with van der Waals surface area (Å²) in [5.41, 5.74) is 0.478. The van der Waals surface area contributed by atoms with E-state index in [0.717, 1.165) is 16.8 Å². The lowest BCUT2D eigenvalue weighted by Gasteiger charge is -2.25. The minimum atomic E-state index is -0.971. The first kappa shape index (κ1) is 16.8. The topological polar surface area (TPSA) is 59.6 Å². The van der Waals surface area contributed by atoms with E-state index in [1.165, 1.54) is 22.4 Å². The second-order valence-corrected chi connectivity index (χ2v) is 5.72. The minimum Gasteiger partial charge on any atom is -0.337 e. The summed E-state index contributed by atoms with van der Waals surface area (Å²) < 4.78 is 28.9. The van der Waals surface area contributed by atoms with Crippen molar-refractivity contribution < 1.29 is 13.6 Å². The molecule has 2 aromatic heterocycles. The van der Waals surface area contributed by atoms with Gasteiger partial charge in [0.2, 0.25) is 5.91 Å². The first-order chi connectivity index (χ1) is 11.9. The third kappa shape index (κ3) is 3.15. The number of fused-ring (bicyclic) bond motifs is 1. The molecule has 0 N–H and O–H groups in total. The molecule has 130 valence electrons. The number of rotatable bonds is 4. The summed E-state index contributed by atoms with van der Waals surface area (Å²) in [4.78, 5) is 26.0. The molecule has 6 nitrogen and oxygen atoms in total. The first-order valence-electron chi connectivity index (χ1n) is 7.63. The highest BCUT2D eigenvalue weighted by atomic mass is 19.2. The Morgan fingerprint density at radius 1 is 1.24 bits per heavy atom. The highest BCUT2D eigenvalue weighted by molar-refractivity contribution is 5.76. The van der Waals surface area contributed by atoms with Gasteiger partial charge in [0.25, 0.3) is 0 Å². The SMILES string of the molecule is CC(c1ccc(F)c(F)c1)N(C)C(=O)Cn1nc2ccccn2c1=O. The number of benzene rings is 1. The molecule has 25 heavy (non-hydrogen) atoms. The van der Waals surface area contributed by atoms with Crippen molar-refractivity contribution in [3.8, 4) is 0 Å². The van der Waals surface area contributed by atoms with Crippen LogP contribution in [0.15, 0.2) is 47.4 Å². The molecule has 8 heteroatoms. The molecule has 0 radical (unpaired) electrons. The van der Waals surface area contributed by atoms with Crippen LogP contribution in [0.25, 0.3) is 5.65 Å². The van der Waals surface area contributed by atoms with Crippen LogP contribution in [0.2, 0.25) is 0 Å². The van der Waals surface area contributed by atoms with Gasteiger partial charge in [-0.3, -0.25) is 9.20 Å². The summed E-state index contributed by atoms with van der Waals surface area (Å²) in [6, 6.07) is 8.10. The Kier molecular flexibility index (Phi) is 4.35. The van der Waals surface area contributed by atoms with E-state index < -0.39 is 23.4 Å². The third-order valence-corrected chi connectivity index (χ3v) is 4.17. The number of nitrogens with zero attached hydrogens (tertiary/aromatic N) is 4. The van der Waals surface area contributed by atoms with Gasteiger partial charge < -0.3 is 4.90 Å². The van der Waals surface area contributed by atoms with E-state index in [1.54, 1.807) is 31.3 Å². The minimum absolute atomic E-state index is 0.245. The van der Waals surface area contributed by atoms with Crippen LogP contribution in [0.5, 0.6) is 0 Å². The van der Waals surface area contributed by atoms with Gasteiger partial charge >= 0.3 is 5.69 Å². The first-order valence-corrected chi connectivity index (χ1v) is 7.63. The van der Waals surface area contributed by atoms with Crippen molar-refractivity contribution in [3.05, 3.63) is 70.3 Å². The molecular formula is C17H16F2N4O2. The van der Waals surface area contributed by atoms with Crippen LogP contribution in [0, 0.1) is 11.6 Å². The van der Waals surface area contributed by atoms with Gasteiger partial charge in [-0.25, -0.2) is 18.3 Å².